The number of aliphatic hydroxyl groups excluding tert-OH is 1. The molecule has 0 aliphatic heterocycles. The summed E-state index contributed by atoms with van der Waals surface area (Å²) in [4.78, 5) is 0. The maximum Gasteiger partial charge on any atom is 0.0652 e. The Morgan fingerprint density at radius 3 is 2.57 bits per heavy atom. The van der Waals surface area contributed by atoms with Crippen molar-refractivity contribution >= 4 is 0 Å². The van der Waals surface area contributed by atoms with Crippen LogP contribution in [0.3, 0.4) is 0 Å². The summed E-state index contributed by atoms with van der Waals surface area (Å²) in [6, 6.07) is 2.03. The minimum Gasteiger partial charge on any atom is -0.396 e. The zero-order valence-corrected chi connectivity index (χ0v) is 9.07. The first-order valence-electron chi connectivity index (χ1n) is 4.94. The fourth-order valence-corrected chi connectivity index (χ4v) is 1.46. The molecule has 1 heterocycles. The van der Waals surface area contributed by atoms with Gasteiger partial charge in [-0.3, -0.25) is 4.68 Å². The largest absolute Gasteiger partial charge is 0.396 e. The van der Waals surface area contributed by atoms with Gasteiger partial charge in [-0.05, 0) is 12.0 Å². The number of nitrogens with zero attached hydrogens (tertiary/aromatic N) is 2. The summed E-state index contributed by atoms with van der Waals surface area (Å²) in [5, 5.41) is 13.5. The topological polar surface area (TPSA) is 64.1 Å². The van der Waals surface area contributed by atoms with Crippen molar-refractivity contribution in [2.75, 3.05) is 13.2 Å². The van der Waals surface area contributed by atoms with Crippen molar-refractivity contribution in [3.05, 3.63) is 17.5 Å². The van der Waals surface area contributed by atoms with Crippen molar-refractivity contribution in [2.24, 2.45) is 12.8 Å². The van der Waals surface area contributed by atoms with E-state index in [9.17, 15) is 0 Å². The number of aryl methyl sites for hydroxylation is 1. The fraction of sp³-hybridized carbons (Fsp3) is 0.700. The summed E-state index contributed by atoms with van der Waals surface area (Å²) < 4.78 is 1.81. The van der Waals surface area contributed by atoms with Crippen LogP contribution >= 0.6 is 0 Å². The summed E-state index contributed by atoms with van der Waals surface area (Å²) in [7, 11) is 1.89. The first kappa shape index (κ1) is 11.2. The van der Waals surface area contributed by atoms with Gasteiger partial charge >= 0.3 is 0 Å². The van der Waals surface area contributed by atoms with Crippen molar-refractivity contribution in [3.8, 4) is 0 Å². The van der Waals surface area contributed by atoms with Crippen molar-refractivity contribution in [1.82, 2.24) is 9.78 Å². The number of hydrogen-bond acceptors (Lipinski definition) is 3. The van der Waals surface area contributed by atoms with Crippen molar-refractivity contribution in [1.29, 1.82) is 0 Å². The number of aromatic nitrogens is 2. The fourth-order valence-electron chi connectivity index (χ4n) is 1.46. The SMILES string of the molecule is CC(C)c1cc(C(CN)CO)n(C)n1. The van der Waals surface area contributed by atoms with Crippen LogP contribution in [-0.2, 0) is 7.05 Å². The van der Waals surface area contributed by atoms with Gasteiger partial charge in [0, 0.05) is 25.2 Å². The van der Waals surface area contributed by atoms with Gasteiger partial charge in [0.15, 0.2) is 0 Å². The molecule has 3 N–H and O–H groups in total. The normalized spacial score (nSPS) is 13.6. The van der Waals surface area contributed by atoms with E-state index in [-0.39, 0.29) is 12.5 Å². The van der Waals surface area contributed by atoms with E-state index in [1.807, 2.05) is 17.8 Å². The van der Waals surface area contributed by atoms with E-state index in [1.165, 1.54) is 0 Å². The molecule has 80 valence electrons. The van der Waals surface area contributed by atoms with Crippen LogP contribution in [0.4, 0.5) is 0 Å². The van der Waals surface area contributed by atoms with Gasteiger partial charge in [-0.2, -0.15) is 5.10 Å². The lowest BCUT2D eigenvalue weighted by atomic mass is 10.0. The lowest BCUT2D eigenvalue weighted by Crippen LogP contribution is -2.18. The van der Waals surface area contributed by atoms with Crippen molar-refractivity contribution < 1.29 is 5.11 Å². The molecule has 14 heavy (non-hydrogen) atoms. The van der Waals surface area contributed by atoms with Crippen molar-refractivity contribution in [3.63, 3.8) is 0 Å². The van der Waals surface area contributed by atoms with Crippen LogP contribution in [0.1, 0.15) is 37.1 Å². The molecule has 0 radical (unpaired) electrons. The van der Waals surface area contributed by atoms with E-state index in [0.717, 1.165) is 11.4 Å². The first-order valence-corrected chi connectivity index (χ1v) is 4.94. The molecule has 0 fully saturated rings. The van der Waals surface area contributed by atoms with Gasteiger partial charge in [0.2, 0.25) is 0 Å². The third-order valence-electron chi connectivity index (χ3n) is 2.45. The zero-order chi connectivity index (χ0) is 10.7. The molecular formula is C10H19N3O. The second kappa shape index (κ2) is 4.57. The molecule has 0 spiro atoms. The Morgan fingerprint density at radius 2 is 2.21 bits per heavy atom. The van der Waals surface area contributed by atoms with Crippen LogP contribution in [0.15, 0.2) is 6.07 Å². The lowest BCUT2D eigenvalue weighted by Gasteiger charge is -2.10. The van der Waals surface area contributed by atoms with Crippen LogP contribution in [0, 0.1) is 0 Å². The molecule has 4 heteroatoms. The van der Waals surface area contributed by atoms with Crippen LogP contribution in [-0.4, -0.2) is 28.0 Å². The Kier molecular flexibility index (Phi) is 3.66. The van der Waals surface area contributed by atoms with E-state index in [4.69, 9.17) is 10.8 Å². The maximum atomic E-state index is 9.13. The van der Waals surface area contributed by atoms with Gasteiger partial charge in [-0.25, -0.2) is 0 Å². The molecule has 0 amide bonds. The molecule has 0 aliphatic rings. The Bertz CT molecular complexity index is 290. The molecule has 4 nitrogen and oxygen atoms in total. The Morgan fingerprint density at radius 1 is 1.57 bits per heavy atom. The Labute approximate surface area is 84.7 Å². The third-order valence-corrected chi connectivity index (χ3v) is 2.45. The maximum absolute atomic E-state index is 9.13. The standard InChI is InChI=1S/C10H19N3O/c1-7(2)9-4-10(13(3)12-9)8(5-11)6-14/h4,7-8,14H,5-6,11H2,1-3H3. The highest BCUT2D eigenvalue weighted by Crippen LogP contribution is 2.19. The smallest absolute Gasteiger partial charge is 0.0652 e. The van der Waals surface area contributed by atoms with Gasteiger partial charge < -0.3 is 10.8 Å². The van der Waals surface area contributed by atoms with E-state index in [2.05, 4.69) is 18.9 Å². The number of hydrogen-bond donors (Lipinski definition) is 2. The quantitative estimate of drug-likeness (QED) is 0.742. The van der Waals surface area contributed by atoms with Gasteiger partial charge in [-0.15, -0.1) is 0 Å². The average molecular weight is 197 g/mol. The zero-order valence-electron chi connectivity index (χ0n) is 9.07. The molecule has 1 rings (SSSR count). The predicted molar refractivity (Wildman–Crippen MR) is 56.2 cm³/mol. The van der Waals surface area contributed by atoms with Crippen LogP contribution in [0.2, 0.25) is 0 Å². The van der Waals surface area contributed by atoms with E-state index in [1.54, 1.807) is 0 Å². The van der Waals surface area contributed by atoms with Gasteiger partial charge in [-0.1, -0.05) is 13.8 Å². The molecule has 1 unspecified atom stereocenters. The average Bonchev–Trinajstić information content (AvgIpc) is 2.51. The lowest BCUT2D eigenvalue weighted by molar-refractivity contribution is 0.263. The summed E-state index contributed by atoms with van der Waals surface area (Å²) in [5.41, 5.74) is 7.63. The van der Waals surface area contributed by atoms with Crippen molar-refractivity contribution in [2.45, 2.75) is 25.7 Å². The highest BCUT2D eigenvalue weighted by atomic mass is 16.3. The van der Waals surface area contributed by atoms with Gasteiger partial charge in [0.1, 0.15) is 0 Å². The molecule has 1 atom stereocenters. The molecule has 1 aromatic heterocycles. The van der Waals surface area contributed by atoms with Gasteiger partial charge in [0.05, 0.1) is 12.3 Å². The second-order valence-electron chi connectivity index (χ2n) is 3.89. The number of aliphatic hydroxyl groups is 1. The van der Waals surface area contributed by atoms with Crippen LogP contribution < -0.4 is 5.73 Å². The molecule has 0 bridgehead atoms. The summed E-state index contributed by atoms with van der Waals surface area (Å²) >= 11 is 0. The number of nitrogens with two attached hydrogens (primary N) is 1. The number of rotatable bonds is 4. The van der Waals surface area contributed by atoms with E-state index < -0.39 is 0 Å². The molecule has 0 saturated heterocycles. The monoisotopic (exact) mass is 197 g/mol. The molecule has 1 aromatic rings. The second-order valence-corrected chi connectivity index (χ2v) is 3.89. The predicted octanol–water partition coefficient (Wildman–Crippen LogP) is 0.578. The molecule has 0 aromatic carbocycles. The molecular weight excluding hydrogens is 178 g/mol. The first-order chi connectivity index (χ1) is 6.60. The molecule has 0 aliphatic carbocycles. The Hall–Kier alpha value is -0.870. The minimum atomic E-state index is -0.000000000000000666. The summed E-state index contributed by atoms with van der Waals surface area (Å²) in [6.07, 6.45) is 0. The van der Waals surface area contributed by atoms with E-state index in [0.29, 0.717) is 12.5 Å². The van der Waals surface area contributed by atoms with Gasteiger partial charge in [0.25, 0.3) is 0 Å². The summed E-state index contributed by atoms with van der Waals surface area (Å²) in [6.45, 7) is 4.73. The van der Waals surface area contributed by atoms with Crippen LogP contribution in [0.5, 0.6) is 0 Å². The highest BCUT2D eigenvalue weighted by molar-refractivity contribution is 5.17. The van der Waals surface area contributed by atoms with Crippen LogP contribution in [0.25, 0.3) is 0 Å². The van der Waals surface area contributed by atoms with E-state index >= 15 is 0 Å². The molecule has 0 saturated carbocycles. The third kappa shape index (κ3) is 2.13. The Balaban J connectivity index is 2.96. The highest BCUT2D eigenvalue weighted by Gasteiger charge is 2.15. The minimum absolute atomic E-state index is 0.000000000000000666. The summed E-state index contributed by atoms with van der Waals surface area (Å²) in [5.74, 6) is 0.409.